The summed E-state index contributed by atoms with van der Waals surface area (Å²) in [6, 6.07) is 0. The van der Waals surface area contributed by atoms with Crippen LogP contribution < -0.4 is 0 Å². The Morgan fingerprint density at radius 2 is 1.76 bits per heavy atom. The van der Waals surface area contributed by atoms with E-state index in [1.54, 1.807) is 0 Å². The van der Waals surface area contributed by atoms with Gasteiger partial charge in [-0.05, 0) is 6.92 Å². The third-order valence-electron chi connectivity index (χ3n) is 1.87. The molecule has 0 rings (SSSR count). The smallest absolute Gasteiger partial charge is 0.336 e. The number of rotatable bonds is 7. The molecule has 0 saturated heterocycles. The van der Waals surface area contributed by atoms with Crippen molar-refractivity contribution in [1.29, 1.82) is 0 Å². The molecule has 4 N–H and O–H groups in total. The predicted molar refractivity (Wildman–Crippen MR) is 52.1 cm³/mol. The maximum absolute atomic E-state index is 11.2. The van der Waals surface area contributed by atoms with E-state index in [9.17, 15) is 19.5 Å². The van der Waals surface area contributed by atoms with Crippen LogP contribution in [-0.2, 0) is 19.1 Å². The Bertz CT molecular complexity index is 312. The number of aliphatic hydroxyl groups excluding tert-OH is 1. The molecule has 2 atom stereocenters. The first-order chi connectivity index (χ1) is 7.71. The Morgan fingerprint density at radius 3 is 2.12 bits per heavy atom. The maximum atomic E-state index is 11.2. The zero-order valence-corrected chi connectivity index (χ0v) is 9.12. The Morgan fingerprint density at radius 1 is 1.24 bits per heavy atom. The van der Waals surface area contributed by atoms with Crippen molar-refractivity contribution < 1.29 is 39.5 Å². The molecular formula is C9H14O8. The van der Waals surface area contributed by atoms with Crippen molar-refractivity contribution in [3.63, 3.8) is 0 Å². The number of ether oxygens (including phenoxy) is 1. The first-order valence-electron chi connectivity index (χ1n) is 4.69. The van der Waals surface area contributed by atoms with Crippen molar-refractivity contribution in [2.75, 3.05) is 6.61 Å². The number of carboxylic acids is 2. The fraction of sp³-hybridized carbons (Fsp3) is 0.667. The van der Waals surface area contributed by atoms with Gasteiger partial charge < -0.3 is 25.2 Å². The van der Waals surface area contributed by atoms with Crippen molar-refractivity contribution in [1.82, 2.24) is 0 Å². The molecule has 0 saturated carbocycles. The molecule has 0 fully saturated rings. The van der Waals surface area contributed by atoms with Crippen LogP contribution in [0, 0.1) is 0 Å². The van der Waals surface area contributed by atoms with E-state index >= 15 is 0 Å². The summed E-state index contributed by atoms with van der Waals surface area (Å²) in [4.78, 5) is 32.2. The summed E-state index contributed by atoms with van der Waals surface area (Å²) in [7, 11) is 0. The highest BCUT2D eigenvalue weighted by Crippen LogP contribution is 2.17. The molecule has 0 aliphatic rings. The summed E-state index contributed by atoms with van der Waals surface area (Å²) < 4.78 is 4.52. The van der Waals surface area contributed by atoms with Gasteiger partial charge in [0.05, 0.1) is 19.4 Å². The molecule has 0 spiro atoms. The van der Waals surface area contributed by atoms with E-state index in [4.69, 9.17) is 15.3 Å². The number of esters is 1. The second kappa shape index (κ2) is 6.16. The molecule has 0 aromatic heterocycles. The highest BCUT2D eigenvalue weighted by molar-refractivity contribution is 5.88. The average molecular weight is 250 g/mol. The number of aliphatic carboxylic acids is 2. The number of hydrogen-bond donors (Lipinski definition) is 4. The lowest BCUT2D eigenvalue weighted by Crippen LogP contribution is -2.43. The second-order valence-electron chi connectivity index (χ2n) is 3.57. The quantitative estimate of drug-likeness (QED) is 0.404. The summed E-state index contributed by atoms with van der Waals surface area (Å²) in [6.07, 6.45) is -2.98. The largest absolute Gasteiger partial charge is 0.481 e. The van der Waals surface area contributed by atoms with Gasteiger partial charge in [0.2, 0.25) is 0 Å². The molecule has 8 heteroatoms. The molecule has 0 bridgehead atoms. The van der Waals surface area contributed by atoms with E-state index < -0.39 is 49.1 Å². The minimum Gasteiger partial charge on any atom is -0.481 e. The van der Waals surface area contributed by atoms with Crippen LogP contribution in [0.2, 0.25) is 0 Å². The molecule has 0 aliphatic carbocycles. The lowest BCUT2D eigenvalue weighted by atomic mass is 9.96. The van der Waals surface area contributed by atoms with Crippen LogP contribution >= 0.6 is 0 Å². The molecule has 0 aromatic carbocycles. The van der Waals surface area contributed by atoms with Gasteiger partial charge in [-0.15, -0.1) is 0 Å². The molecule has 0 heterocycles. The summed E-state index contributed by atoms with van der Waals surface area (Å²) in [6.45, 7) is 0.894. The van der Waals surface area contributed by atoms with Crippen molar-refractivity contribution in [2.45, 2.75) is 31.5 Å². The molecule has 98 valence electrons. The standard InChI is InChI=1S/C9H14O8/c1-5(4-10)17-7(13)3-9(16,8(14)15)2-6(11)12/h5,10,16H,2-4H2,1H3,(H,11,12)(H,14,15). The van der Waals surface area contributed by atoms with Gasteiger partial charge in [0.25, 0.3) is 0 Å². The predicted octanol–water partition coefficient (Wildman–Crippen LogP) is -1.41. The van der Waals surface area contributed by atoms with E-state index in [0.717, 1.165) is 0 Å². The summed E-state index contributed by atoms with van der Waals surface area (Å²) in [5.74, 6) is -4.48. The fourth-order valence-electron chi connectivity index (χ4n) is 1.01. The first kappa shape index (κ1) is 15.3. The van der Waals surface area contributed by atoms with Gasteiger partial charge in [0.15, 0.2) is 5.60 Å². The number of carbonyl (C=O) groups is 3. The van der Waals surface area contributed by atoms with E-state index in [1.165, 1.54) is 6.92 Å². The van der Waals surface area contributed by atoms with E-state index in [1.807, 2.05) is 0 Å². The number of hydrogen-bond acceptors (Lipinski definition) is 6. The van der Waals surface area contributed by atoms with Gasteiger partial charge in [-0.3, -0.25) is 9.59 Å². The molecule has 0 amide bonds. The molecule has 0 aromatic rings. The fourth-order valence-corrected chi connectivity index (χ4v) is 1.01. The number of carbonyl (C=O) groups excluding carboxylic acids is 1. The van der Waals surface area contributed by atoms with Gasteiger partial charge in [-0.1, -0.05) is 0 Å². The first-order valence-corrected chi connectivity index (χ1v) is 4.69. The van der Waals surface area contributed by atoms with Gasteiger partial charge >= 0.3 is 17.9 Å². The van der Waals surface area contributed by atoms with Crippen molar-refractivity contribution >= 4 is 17.9 Å². The molecule has 0 aliphatic heterocycles. The Balaban J connectivity index is 4.60. The van der Waals surface area contributed by atoms with Crippen LogP contribution in [0.25, 0.3) is 0 Å². The van der Waals surface area contributed by atoms with Crippen LogP contribution in [0.15, 0.2) is 0 Å². The Hall–Kier alpha value is -1.67. The number of carboxylic acid groups (broad SMARTS) is 2. The highest BCUT2D eigenvalue weighted by atomic mass is 16.6. The van der Waals surface area contributed by atoms with E-state index in [0.29, 0.717) is 0 Å². The molecule has 2 unspecified atom stereocenters. The van der Waals surface area contributed by atoms with Crippen LogP contribution in [0.1, 0.15) is 19.8 Å². The van der Waals surface area contributed by atoms with Crippen LogP contribution in [-0.4, -0.2) is 56.6 Å². The summed E-state index contributed by atoms with van der Waals surface area (Å²) in [5, 5.41) is 35.1. The van der Waals surface area contributed by atoms with E-state index in [-0.39, 0.29) is 0 Å². The minimum absolute atomic E-state index is 0.462. The monoisotopic (exact) mass is 250 g/mol. The number of aliphatic hydroxyl groups is 2. The van der Waals surface area contributed by atoms with Crippen molar-refractivity contribution in [3.8, 4) is 0 Å². The highest BCUT2D eigenvalue weighted by Gasteiger charge is 2.41. The lowest BCUT2D eigenvalue weighted by molar-refractivity contribution is -0.173. The van der Waals surface area contributed by atoms with Crippen LogP contribution in [0.3, 0.4) is 0 Å². The molecule has 8 nitrogen and oxygen atoms in total. The molecule has 0 radical (unpaired) electrons. The molecule has 17 heavy (non-hydrogen) atoms. The van der Waals surface area contributed by atoms with E-state index in [2.05, 4.69) is 4.74 Å². The lowest BCUT2D eigenvalue weighted by Gasteiger charge is -2.21. The normalized spacial score (nSPS) is 15.7. The minimum atomic E-state index is -2.71. The average Bonchev–Trinajstić information content (AvgIpc) is 2.15. The SMILES string of the molecule is CC(CO)OC(=O)CC(O)(CC(=O)O)C(=O)O. The van der Waals surface area contributed by atoms with Gasteiger partial charge in [0, 0.05) is 0 Å². The third kappa shape index (κ3) is 5.27. The van der Waals surface area contributed by atoms with Crippen molar-refractivity contribution in [2.24, 2.45) is 0 Å². The van der Waals surface area contributed by atoms with Crippen molar-refractivity contribution in [3.05, 3.63) is 0 Å². The van der Waals surface area contributed by atoms with Gasteiger partial charge in [-0.2, -0.15) is 0 Å². The zero-order chi connectivity index (χ0) is 13.6. The zero-order valence-electron chi connectivity index (χ0n) is 9.12. The summed E-state index contributed by atoms with van der Waals surface area (Å²) >= 11 is 0. The topological polar surface area (TPSA) is 141 Å². The third-order valence-corrected chi connectivity index (χ3v) is 1.87. The Kier molecular flexibility index (Phi) is 5.56. The van der Waals surface area contributed by atoms with Crippen LogP contribution in [0.4, 0.5) is 0 Å². The van der Waals surface area contributed by atoms with Crippen LogP contribution in [0.5, 0.6) is 0 Å². The maximum Gasteiger partial charge on any atom is 0.336 e. The Labute approximate surface area is 96.4 Å². The van der Waals surface area contributed by atoms with Gasteiger partial charge in [0.1, 0.15) is 6.10 Å². The second-order valence-corrected chi connectivity index (χ2v) is 3.57. The van der Waals surface area contributed by atoms with Gasteiger partial charge in [-0.25, -0.2) is 4.79 Å². The summed E-state index contributed by atoms with van der Waals surface area (Å²) in [5.41, 5.74) is -2.71. The molecular weight excluding hydrogens is 236 g/mol.